The van der Waals surface area contributed by atoms with E-state index in [1.807, 2.05) is 28.0 Å². The monoisotopic (exact) mass is 286 g/mol. The van der Waals surface area contributed by atoms with Crippen molar-refractivity contribution in [2.24, 2.45) is 5.92 Å². The molecule has 4 heteroatoms. The van der Waals surface area contributed by atoms with E-state index in [1.165, 1.54) is 5.56 Å². The van der Waals surface area contributed by atoms with Gasteiger partial charge in [0.1, 0.15) is 0 Å². The van der Waals surface area contributed by atoms with E-state index in [4.69, 9.17) is 0 Å². The Morgan fingerprint density at radius 1 is 1.38 bits per heavy atom. The molecule has 2 amide bonds. The number of anilines is 1. The van der Waals surface area contributed by atoms with Gasteiger partial charge >= 0.3 is 0 Å². The average molecular weight is 286 g/mol. The van der Waals surface area contributed by atoms with Gasteiger partial charge in [0.25, 0.3) is 0 Å². The molecule has 0 N–H and O–H groups in total. The second-order valence-electron chi connectivity index (χ2n) is 6.07. The smallest absolute Gasteiger partial charge is 0.232 e. The van der Waals surface area contributed by atoms with Crippen LogP contribution in [0.15, 0.2) is 24.3 Å². The van der Waals surface area contributed by atoms with E-state index >= 15 is 0 Å². The summed E-state index contributed by atoms with van der Waals surface area (Å²) in [6, 6.07) is 8.28. The molecule has 0 radical (unpaired) electrons. The first-order valence-electron chi connectivity index (χ1n) is 7.80. The van der Waals surface area contributed by atoms with Crippen LogP contribution in [0.5, 0.6) is 0 Å². The van der Waals surface area contributed by atoms with Gasteiger partial charge in [-0.2, -0.15) is 0 Å². The van der Waals surface area contributed by atoms with Crippen LogP contribution >= 0.6 is 0 Å². The summed E-state index contributed by atoms with van der Waals surface area (Å²) in [5.74, 6) is 0.0481. The molecule has 0 aromatic heterocycles. The zero-order valence-electron chi connectivity index (χ0n) is 12.7. The predicted octanol–water partition coefficient (Wildman–Crippen LogP) is 2.22. The minimum Gasteiger partial charge on any atom is -0.339 e. The molecule has 2 aliphatic heterocycles. The second-order valence-corrected chi connectivity index (χ2v) is 6.07. The standard InChI is InChI=1S/C17H22N2O2/c1-3-12(2)19-11-14(10-16(19)20)17(21)18-9-8-13-6-4-5-7-15(13)18/h4-7,12,14H,3,8-11H2,1-2H3. The third kappa shape index (κ3) is 2.43. The predicted molar refractivity (Wildman–Crippen MR) is 82.1 cm³/mol. The van der Waals surface area contributed by atoms with Crippen molar-refractivity contribution in [3.8, 4) is 0 Å². The number of hydrogen-bond acceptors (Lipinski definition) is 2. The molecule has 0 aliphatic carbocycles. The highest BCUT2D eigenvalue weighted by Gasteiger charge is 2.39. The number of carbonyl (C=O) groups excluding carboxylic acids is 2. The van der Waals surface area contributed by atoms with E-state index in [0.717, 1.165) is 25.1 Å². The van der Waals surface area contributed by atoms with Gasteiger partial charge < -0.3 is 9.80 Å². The first-order chi connectivity index (χ1) is 10.1. The summed E-state index contributed by atoms with van der Waals surface area (Å²) < 4.78 is 0. The van der Waals surface area contributed by atoms with Crippen LogP contribution in [0.3, 0.4) is 0 Å². The number of carbonyl (C=O) groups is 2. The lowest BCUT2D eigenvalue weighted by atomic mass is 10.1. The third-order valence-corrected chi connectivity index (χ3v) is 4.78. The van der Waals surface area contributed by atoms with Crippen LogP contribution in [0, 0.1) is 5.92 Å². The quantitative estimate of drug-likeness (QED) is 0.855. The number of para-hydroxylation sites is 1. The molecule has 2 unspecified atom stereocenters. The van der Waals surface area contributed by atoms with E-state index in [9.17, 15) is 9.59 Å². The first kappa shape index (κ1) is 14.1. The van der Waals surface area contributed by atoms with E-state index in [-0.39, 0.29) is 23.8 Å². The van der Waals surface area contributed by atoms with Gasteiger partial charge in [0.2, 0.25) is 11.8 Å². The summed E-state index contributed by atoms with van der Waals surface area (Å²) in [7, 11) is 0. The lowest BCUT2D eigenvalue weighted by Gasteiger charge is -2.25. The summed E-state index contributed by atoms with van der Waals surface area (Å²) in [5.41, 5.74) is 2.26. The Bertz CT molecular complexity index is 570. The molecule has 21 heavy (non-hydrogen) atoms. The molecule has 3 rings (SSSR count). The van der Waals surface area contributed by atoms with E-state index in [1.54, 1.807) is 0 Å². The molecule has 2 aliphatic rings. The number of rotatable bonds is 3. The topological polar surface area (TPSA) is 40.6 Å². The molecular weight excluding hydrogens is 264 g/mol. The molecule has 112 valence electrons. The fraction of sp³-hybridized carbons (Fsp3) is 0.529. The maximum absolute atomic E-state index is 12.8. The van der Waals surface area contributed by atoms with E-state index < -0.39 is 0 Å². The van der Waals surface area contributed by atoms with Crippen LogP contribution in [0.25, 0.3) is 0 Å². The normalized spacial score (nSPS) is 22.6. The lowest BCUT2D eigenvalue weighted by Crippen LogP contribution is -2.38. The molecule has 4 nitrogen and oxygen atoms in total. The molecule has 0 spiro atoms. The van der Waals surface area contributed by atoms with Gasteiger partial charge in [0.05, 0.1) is 5.92 Å². The molecule has 1 fully saturated rings. The van der Waals surface area contributed by atoms with Crippen LogP contribution in [0.2, 0.25) is 0 Å². The summed E-state index contributed by atoms with van der Waals surface area (Å²) >= 11 is 0. The van der Waals surface area contributed by atoms with Crippen molar-refractivity contribution in [1.82, 2.24) is 4.90 Å². The van der Waals surface area contributed by atoms with Crippen LogP contribution in [-0.4, -0.2) is 35.8 Å². The van der Waals surface area contributed by atoms with Crippen molar-refractivity contribution in [3.05, 3.63) is 29.8 Å². The Morgan fingerprint density at radius 2 is 2.14 bits per heavy atom. The van der Waals surface area contributed by atoms with Gasteiger partial charge in [-0.15, -0.1) is 0 Å². The number of fused-ring (bicyclic) bond motifs is 1. The molecule has 1 aromatic rings. The number of amides is 2. The molecule has 1 aromatic carbocycles. The minimum atomic E-state index is -0.183. The van der Waals surface area contributed by atoms with Crippen LogP contribution in [0.4, 0.5) is 5.69 Å². The zero-order chi connectivity index (χ0) is 15.0. The Hall–Kier alpha value is -1.84. The highest BCUT2D eigenvalue weighted by atomic mass is 16.2. The highest BCUT2D eigenvalue weighted by molar-refractivity contribution is 6.00. The van der Waals surface area contributed by atoms with Crippen LogP contribution in [-0.2, 0) is 16.0 Å². The average Bonchev–Trinajstić information content (AvgIpc) is 3.09. The Kier molecular flexibility index (Phi) is 3.70. The van der Waals surface area contributed by atoms with Crippen molar-refractivity contribution in [2.75, 3.05) is 18.0 Å². The van der Waals surface area contributed by atoms with Gasteiger partial charge in [0.15, 0.2) is 0 Å². The van der Waals surface area contributed by atoms with Crippen LogP contribution < -0.4 is 4.90 Å². The van der Waals surface area contributed by atoms with Crippen molar-refractivity contribution in [3.63, 3.8) is 0 Å². The molecule has 2 atom stereocenters. The summed E-state index contributed by atoms with van der Waals surface area (Å²) in [6.45, 7) is 5.44. The van der Waals surface area contributed by atoms with Crippen molar-refractivity contribution >= 4 is 17.5 Å². The summed E-state index contributed by atoms with van der Waals surface area (Å²) in [5, 5.41) is 0. The zero-order valence-corrected chi connectivity index (χ0v) is 12.7. The SMILES string of the molecule is CCC(C)N1CC(C(=O)N2CCc3ccccc32)CC1=O. The second kappa shape index (κ2) is 5.51. The van der Waals surface area contributed by atoms with Gasteiger partial charge in [-0.25, -0.2) is 0 Å². The number of benzene rings is 1. The van der Waals surface area contributed by atoms with Crippen LogP contribution in [0.1, 0.15) is 32.3 Å². The van der Waals surface area contributed by atoms with Gasteiger partial charge in [-0.1, -0.05) is 25.1 Å². The fourth-order valence-corrected chi connectivity index (χ4v) is 3.33. The number of nitrogens with zero attached hydrogens (tertiary/aromatic N) is 2. The molecular formula is C17H22N2O2. The fourth-order valence-electron chi connectivity index (χ4n) is 3.33. The van der Waals surface area contributed by atoms with Crippen molar-refractivity contribution < 1.29 is 9.59 Å². The van der Waals surface area contributed by atoms with E-state index in [2.05, 4.69) is 19.9 Å². The molecule has 1 saturated heterocycles. The number of likely N-dealkylation sites (tertiary alicyclic amines) is 1. The Labute approximate surface area is 125 Å². The summed E-state index contributed by atoms with van der Waals surface area (Å²) in [6.07, 6.45) is 2.21. The maximum Gasteiger partial charge on any atom is 0.232 e. The van der Waals surface area contributed by atoms with E-state index in [0.29, 0.717) is 13.0 Å². The van der Waals surface area contributed by atoms with Crippen molar-refractivity contribution in [2.45, 2.75) is 39.2 Å². The Morgan fingerprint density at radius 3 is 2.90 bits per heavy atom. The molecule has 0 bridgehead atoms. The van der Waals surface area contributed by atoms with Gasteiger partial charge in [-0.3, -0.25) is 9.59 Å². The lowest BCUT2D eigenvalue weighted by molar-refractivity contribution is -0.129. The first-order valence-corrected chi connectivity index (χ1v) is 7.80. The largest absolute Gasteiger partial charge is 0.339 e. The van der Waals surface area contributed by atoms with Gasteiger partial charge in [0, 0.05) is 31.2 Å². The summed E-state index contributed by atoms with van der Waals surface area (Å²) in [4.78, 5) is 28.6. The highest BCUT2D eigenvalue weighted by Crippen LogP contribution is 2.31. The Balaban J connectivity index is 1.75. The molecule has 2 heterocycles. The van der Waals surface area contributed by atoms with Crippen molar-refractivity contribution in [1.29, 1.82) is 0 Å². The maximum atomic E-state index is 12.8. The third-order valence-electron chi connectivity index (χ3n) is 4.78. The number of hydrogen-bond donors (Lipinski definition) is 0. The minimum absolute atomic E-state index is 0.110. The molecule has 0 saturated carbocycles. The van der Waals surface area contributed by atoms with Gasteiger partial charge in [-0.05, 0) is 31.4 Å².